The highest BCUT2D eigenvalue weighted by Gasteiger charge is 2.48. The predicted octanol–water partition coefficient (Wildman–Crippen LogP) is 3.73. The minimum atomic E-state index is -5.70. The molecule has 0 aromatic heterocycles. The zero-order chi connectivity index (χ0) is 25.8. The molecule has 1 atom stereocenters. The van der Waals surface area contributed by atoms with Crippen LogP contribution in [0.5, 0.6) is 11.5 Å². The van der Waals surface area contributed by atoms with Gasteiger partial charge in [0.2, 0.25) is 5.91 Å². The molecule has 2 aliphatic rings. The molecule has 0 saturated carbocycles. The largest absolute Gasteiger partial charge is 0.534 e. The molecule has 0 saturated heterocycles. The molecule has 4 rings (SSSR count). The molecule has 2 aliphatic heterocycles. The summed E-state index contributed by atoms with van der Waals surface area (Å²) in [4.78, 5) is 14.2. The number of unbranched alkanes of at least 4 members (excludes halogenated alkanes) is 1. The molecule has 2 aromatic rings. The average Bonchev–Trinajstić information content (AvgIpc) is 3.24. The van der Waals surface area contributed by atoms with E-state index in [9.17, 15) is 26.4 Å². The summed E-state index contributed by atoms with van der Waals surface area (Å²) in [7, 11) is -5.70. The Morgan fingerprint density at radius 1 is 1.14 bits per heavy atom. The zero-order valence-electron chi connectivity index (χ0n) is 19.5. The van der Waals surface area contributed by atoms with Crippen molar-refractivity contribution in [1.82, 2.24) is 10.2 Å². The van der Waals surface area contributed by atoms with Crippen LogP contribution in [-0.2, 0) is 34.3 Å². The Balaban J connectivity index is 1.16. The Morgan fingerprint density at radius 3 is 2.72 bits per heavy atom. The van der Waals surface area contributed by atoms with Crippen LogP contribution in [-0.4, -0.2) is 50.5 Å². The first-order chi connectivity index (χ1) is 17.1. The van der Waals surface area contributed by atoms with Gasteiger partial charge in [-0.15, -0.1) is 0 Å². The van der Waals surface area contributed by atoms with Crippen molar-refractivity contribution in [3.63, 3.8) is 0 Å². The van der Waals surface area contributed by atoms with Crippen LogP contribution in [0.2, 0.25) is 0 Å². The van der Waals surface area contributed by atoms with Gasteiger partial charge in [0.05, 0.1) is 0 Å². The van der Waals surface area contributed by atoms with Gasteiger partial charge in [0.15, 0.2) is 0 Å². The Morgan fingerprint density at radius 2 is 1.94 bits per heavy atom. The minimum Gasteiger partial charge on any atom is -0.486 e. The van der Waals surface area contributed by atoms with E-state index >= 15 is 0 Å². The summed E-state index contributed by atoms with van der Waals surface area (Å²) in [5.41, 5.74) is -2.65. The third kappa shape index (κ3) is 6.58. The summed E-state index contributed by atoms with van der Waals surface area (Å²) in [6, 6.07) is 12.0. The maximum Gasteiger partial charge on any atom is 0.534 e. The number of carbonyl (C=O) groups is 1. The number of amides is 1. The van der Waals surface area contributed by atoms with Gasteiger partial charge < -0.3 is 14.2 Å². The molecule has 2 heterocycles. The van der Waals surface area contributed by atoms with Crippen molar-refractivity contribution in [2.45, 2.75) is 43.8 Å². The SMILES string of the molecule is O=C(/C=C/C1Cc2ccccc2O1)NCCCCN1CCc2ccc(OS(=O)(=O)C(F)(F)F)cc2C1. The van der Waals surface area contributed by atoms with Gasteiger partial charge in [-0.05, 0) is 66.8 Å². The number of rotatable bonds is 9. The van der Waals surface area contributed by atoms with Crippen molar-refractivity contribution >= 4 is 16.0 Å². The highest BCUT2D eigenvalue weighted by molar-refractivity contribution is 7.88. The molecule has 36 heavy (non-hydrogen) atoms. The Bertz CT molecular complexity index is 1210. The molecular formula is C25H27F3N2O5S. The lowest BCUT2D eigenvalue weighted by molar-refractivity contribution is -0.116. The van der Waals surface area contributed by atoms with E-state index in [0.717, 1.165) is 54.8 Å². The van der Waals surface area contributed by atoms with Crippen LogP contribution in [0.3, 0.4) is 0 Å². The molecular weight excluding hydrogens is 497 g/mol. The lowest BCUT2D eigenvalue weighted by Gasteiger charge is -2.29. The molecule has 194 valence electrons. The molecule has 11 heteroatoms. The summed E-state index contributed by atoms with van der Waals surface area (Å²) < 4.78 is 70.3. The van der Waals surface area contributed by atoms with Crippen LogP contribution in [0, 0.1) is 0 Å². The van der Waals surface area contributed by atoms with Crippen molar-refractivity contribution in [3.8, 4) is 11.5 Å². The number of para-hydroxylation sites is 1. The molecule has 0 radical (unpaired) electrons. The van der Waals surface area contributed by atoms with Crippen LogP contribution in [0.25, 0.3) is 0 Å². The van der Waals surface area contributed by atoms with Crippen molar-refractivity contribution in [2.75, 3.05) is 19.6 Å². The monoisotopic (exact) mass is 524 g/mol. The average molecular weight is 525 g/mol. The normalized spacial score (nSPS) is 17.9. The summed E-state index contributed by atoms with van der Waals surface area (Å²) in [6.45, 7) is 2.53. The number of alkyl halides is 3. The van der Waals surface area contributed by atoms with E-state index in [1.165, 1.54) is 18.2 Å². The van der Waals surface area contributed by atoms with E-state index < -0.39 is 15.6 Å². The summed E-state index contributed by atoms with van der Waals surface area (Å²) in [5.74, 6) is 0.321. The fourth-order valence-electron chi connectivity index (χ4n) is 4.25. The van der Waals surface area contributed by atoms with Gasteiger partial charge in [-0.25, -0.2) is 0 Å². The molecule has 0 aliphatic carbocycles. The molecule has 2 aromatic carbocycles. The van der Waals surface area contributed by atoms with E-state index in [-0.39, 0.29) is 17.8 Å². The maximum absolute atomic E-state index is 12.6. The van der Waals surface area contributed by atoms with Crippen LogP contribution < -0.4 is 14.2 Å². The van der Waals surface area contributed by atoms with Crippen LogP contribution in [0.15, 0.2) is 54.6 Å². The number of hydrogen-bond acceptors (Lipinski definition) is 6. The van der Waals surface area contributed by atoms with Gasteiger partial charge in [-0.3, -0.25) is 9.69 Å². The zero-order valence-corrected chi connectivity index (χ0v) is 20.3. The van der Waals surface area contributed by atoms with Crippen LogP contribution in [0.1, 0.15) is 29.5 Å². The first kappa shape index (κ1) is 26.0. The van der Waals surface area contributed by atoms with E-state index in [0.29, 0.717) is 19.5 Å². The molecule has 1 amide bonds. The van der Waals surface area contributed by atoms with Gasteiger partial charge >= 0.3 is 15.6 Å². The number of benzene rings is 2. The first-order valence-electron chi connectivity index (χ1n) is 11.7. The second-order valence-electron chi connectivity index (χ2n) is 8.77. The summed E-state index contributed by atoms with van der Waals surface area (Å²) in [6.07, 6.45) is 6.14. The second-order valence-corrected chi connectivity index (χ2v) is 10.3. The molecule has 0 bridgehead atoms. The second kappa shape index (κ2) is 10.9. The number of hydrogen-bond donors (Lipinski definition) is 1. The molecule has 0 spiro atoms. The lowest BCUT2D eigenvalue weighted by Crippen LogP contribution is -2.32. The topological polar surface area (TPSA) is 84.9 Å². The van der Waals surface area contributed by atoms with Gasteiger partial charge in [0.25, 0.3) is 0 Å². The third-order valence-corrected chi connectivity index (χ3v) is 7.07. The van der Waals surface area contributed by atoms with Crippen LogP contribution in [0.4, 0.5) is 13.2 Å². The Kier molecular flexibility index (Phi) is 7.89. The third-order valence-electron chi connectivity index (χ3n) is 6.09. The molecule has 1 N–H and O–H groups in total. The Labute approximate surface area is 208 Å². The van der Waals surface area contributed by atoms with E-state index in [4.69, 9.17) is 4.74 Å². The minimum absolute atomic E-state index is 0.144. The molecule has 1 unspecified atom stereocenters. The van der Waals surface area contributed by atoms with E-state index in [2.05, 4.69) is 14.4 Å². The number of halogens is 3. The van der Waals surface area contributed by atoms with Crippen LogP contribution >= 0.6 is 0 Å². The quantitative estimate of drug-likeness (QED) is 0.233. The van der Waals surface area contributed by atoms with E-state index in [1.54, 1.807) is 12.1 Å². The fraction of sp³-hybridized carbons (Fsp3) is 0.400. The molecule has 7 nitrogen and oxygen atoms in total. The predicted molar refractivity (Wildman–Crippen MR) is 127 cm³/mol. The number of fused-ring (bicyclic) bond motifs is 2. The van der Waals surface area contributed by atoms with Gasteiger partial charge in [-0.2, -0.15) is 21.6 Å². The number of ether oxygens (including phenoxy) is 1. The Hall–Kier alpha value is -3.05. The van der Waals surface area contributed by atoms with Gasteiger partial charge in [0.1, 0.15) is 17.6 Å². The van der Waals surface area contributed by atoms with Gasteiger partial charge in [0, 0.05) is 32.1 Å². The number of carbonyl (C=O) groups excluding carboxylic acids is 1. The lowest BCUT2D eigenvalue weighted by atomic mass is 9.99. The van der Waals surface area contributed by atoms with Crippen molar-refractivity contribution in [3.05, 3.63) is 71.3 Å². The number of nitrogens with one attached hydrogen (secondary N) is 1. The van der Waals surface area contributed by atoms with Crippen molar-refractivity contribution in [1.29, 1.82) is 0 Å². The smallest absolute Gasteiger partial charge is 0.486 e. The van der Waals surface area contributed by atoms with Gasteiger partial charge in [-0.1, -0.05) is 24.3 Å². The molecule has 0 fully saturated rings. The first-order valence-corrected chi connectivity index (χ1v) is 13.1. The highest BCUT2D eigenvalue weighted by atomic mass is 32.2. The van der Waals surface area contributed by atoms with Crippen molar-refractivity contribution in [2.24, 2.45) is 0 Å². The van der Waals surface area contributed by atoms with E-state index in [1.807, 2.05) is 24.3 Å². The standard InChI is InChI=1S/C25H27F3N2O5S/c26-25(27,28)36(32,33)35-22-8-7-18-11-14-30(17-20(18)16-22)13-4-3-12-29-24(31)10-9-21-15-19-5-1-2-6-23(19)34-21/h1-2,5-10,16,21H,3-4,11-15,17H2,(H,29,31)/b10-9+. The summed E-state index contributed by atoms with van der Waals surface area (Å²) >= 11 is 0. The highest BCUT2D eigenvalue weighted by Crippen LogP contribution is 2.30. The maximum atomic E-state index is 12.6. The van der Waals surface area contributed by atoms with Crippen molar-refractivity contribution < 1.29 is 35.3 Å². The number of nitrogens with zero attached hydrogens (tertiary/aromatic N) is 1. The fourth-order valence-corrected chi connectivity index (χ4v) is 4.70. The summed E-state index contributed by atoms with van der Waals surface area (Å²) in [5, 5.41) is 2.86.